The molecule has 1 aliphatic rings. The van der Waals surface area contributed by atoms with Gasteiger partial charge in [-0.25, -0.2) is 4.98 Å². The molecule has 32 heavy (non-hydrogen) atoms. The minimum atomic E-state index is -4.47. The van der Waals surface area contributed by atoms with E-state index in [1.54, 1.807) is 6.07 Å². The summed E-state index contributed by atoms with van der Waals surface area (Å²) < 4.78 is 39.4. The maximum Gasteiger partial charge on any atom is 0.416 e. The van der Waals surface area contributed by atoms with Crippen LogP contribution in [0.1, 0.15) is 31.2 Å². The maximum atomic E-state index is 13.1. The molecule has 7 nitrogen and oxygen atoms in total. The summed E-state index contributed by atoms with van der Waals surface area (Å²) in [5.74, 6) is 0.479. The van der Waals surface area contributed by atoms with Gasteiger partial charge in [0.25, 0.3) is 5.56 Å². The Morgan fingerprint density at radius 1 is 1.12 bits per heavy atom. The number of aromatic amines is 1. The molecule has 0 aliphatic heterocycles. The van der Waals surface area contributed by atoms with Crippen LogP contribution in [0.15, 0.2) is 41.3 Å². The zero-order valence-corrected chi connectivity index (χ0v) is 17.8. The van der Waals surface area contributed by atoms with E-state index >= 15 is 0 Å². The Balaban J connectivity index is 1.72. The van der Waals surface area contributed by atoms with E-state index in [0.29, 0.717) is 17.5 Å². The zero-order chi connectivity index (χ0) is 22.9. The highest BCUT2D eigenvalue weighted by molar-refractivity contribution is 5.90. The quantitative estimate of drug-likeness (QED) is 0.540. The van der Waals surface area contributed by atoms with E-state index in [9.17, 15) is 18.0 Å². The first-order valence-corrected chi connectivity index (χ1v) is 10.5. The number of nitrogens with one attached hydrogen (secondary N) is 3. The third-order valence-corrected chi connectivity index (χ3v) is 5.78. The van der Waals surface area contributed by atoms with Gasteiger partial charge in [-0.2, -0.15) is 18.2 Å². The molecular weight excluding hydrogens is 421 g/mol. The lowest BCUT2D eigenvalue weighted by Crippen LogP contribution is -2.45. The molecule has 3 aromatic rings. The molecule has 2 heterocycles. The van der Waals surface area contributed by atoms with Gasteiger partial charge in [0.05, 0.1) is 11.1 Å². The van der Waals surface area contributed by atoms with Gasteiger partial charge in [-0.3, -0.25) is 4.79 Å². The topological polar surface area (TPSA) is 85.9 Å². The minimum Gasteiger partial charge on any atom is -0.350 e. The lowest BCUT2D eigenvalue weighted by atomic mass is 9.89. The monoisotopic (exact) mass is 446 g/mol. The summed E-state index contributed by atoms with van der Waals surface area (Å²) in [7, 11) is 4.07. The van der Waals surface area contributed by atoms with Gasteiger partial charge < -0.3 is 20.5 Å². The molecule has 1 aliphatic carbocycles. The van der Waals surface area contributed by atoms with Crippen LogP contribution in [0.4, 0.5) is 30.6 Å². The van der Waals surface area contributed by atoms with Crippen molar-refractivity contribution in [1.29, 1.82) is 0 Å². The number of H-pyrrole nitrogens is 1. The predicted octanol–water partition coefficient (Wildman–Crippen LogP) is 4.37. The summed E-state index contributed by atoms with van der Waals surface area (Å²) in [6.45, 7) is 0. The molecule has 2 aromatic heterocycles. The average Bonchev–Trinajstić information content (AvgIpc) is 2.73. The second-order valence-corrected chi connectivity index (χ2v) is 8.23. The Labute approximate surface area is 183 Å². The molecule has 1 fully saturated rings. The number of fused-ring (bicyclic) bond motifs is 1. The molecule has 0 spiro atoms. The minimum absolute atomic E-state index is 0.125. The second-order valence-electron chi connectivity index (χ2n) is 8.23. The Morgan fingerprint density at radius 2 is 1.91 bits per heavy atom. The van der Waals surface area contributed by atoms with Crippen molar-refractivity contribution in [2.45, 2.75) is 43.9 Å². The molecular formula is C22H25F3N6O. The Bertz CT molecular complexity index is 1160. The smallest absolute Gasteiger partial charge is 0.350 e. The molecule has 0 saturated heterocycles. The van der Waals surface area contributed by atoms with Crippen LogP contribution in [0.2, 0.25) is 0 Å². The third-order valence-electron chi connectivity index (χ3n) is 5.78. The molecule has 10 heteroatoms. The molecule has 2 atom stereocenters. The third kappa shape index (κ3) is 4.69. The number of hydrogen-bond donors (Lipinski definition) is 3. The van der Waals surface area contributed by atoms with Gasteiger partial charge in [-0.1, -0.05) is 18.9 Å². The van der Waals surface area contributed by atoms with Crippen LogP contribution >= 0.6 is 0 Å². The van der Waals surface area contributed by atoms with Crippen molar-refractivity contribution in [3.05, 3.63) is 52.4 Å². The van der Waals surface area contributed by atoms with E-state index in [4.69, 9.17) is 0 Å². The number of likely N-dealkylation sites (N-methyl/N-ethyl adjacent to an activating group) is 1. The predicted molar refractivity (Wildman–Crippen MR) is 118 cm³/mol. The standard InChI is InChI=1S/C22H25F3N6O/c1-31(2)17-9-4-3-8-15(17)28-21-29-16-10-11-26-20(32)18(16)19(30-21)27-14-7-5-6-13(12-14)22(23,24)25/h5-7,10-12,15,17H,3-4,8-9H2,1-2H3,(H,26,32)(H2,27,28,29,30). The number of pyridine rings is 1. The lowest BCUT2D eigenvalue weighted by Gasteiger charge is -2.36. The first-order valence-electron chi connectivity index (χ1n) is 10.5. The van der Waals surface area contributed by atoms with Gasteiger partial charge in [0.15, 0.2) is 0 Å². The van der Waals surface area contributed by atoms with Gasteiger partial charge in [-0.05, 0) is 51.2 Å². The number of halogens is 3. The Morgan fingerprint density at radius 3 is 2.66 bits per heavy atom. The van der Waals surface area contributed by atoms with Crippen molar-refractivity contribution in [2.24, 2.45) is 0 Å². The SMILES string of the molecule is CN(C)C1CCCCC1Nc1nc(Nc2cccc(C(F)(F)F)c2)c2c(=O)[nH]ccc2n1. The number of aromatic nitrogens is 3. The van der Waals surface area contributed by atoms with Crippen LogP contribution in [0.3, 0.4) is 0 Å². The molecule has 1 aromatic carbocycles. The summed E-state index contributed by atoms with van der Waals surface area (Å²) in [6, 6.07) is 6.86. The highest BCUT2D eigenvalue weighted by Crippen LogP contribution is 2.32. The summed E-state index contributed by atoms with van der Waals surface area (Å²) in [4.78, 5) is 26.2. The van der Waals surface area contributed by atoms with E-state index in [2.05, 4.69) is 30.5 Å². The summed E-state index contributed by atoms with van der Waals surface area (Å²) >= 11 is 0. The van der Waals surface area contributed by atoms with Crippen molar-refractivity contribution in [1.82, 2.24) is 19.9 Å². The van der Waals surface area contributed by atoms with E-state index in [1.807, 2.05) is 14.1 Å². The van der Waals surface area contributed by atoms with Crippen LogP contribution in [0.5, 0.6) is 0 Å². The first-order chi connectivity index (χ1) is 15.2. The van der Waals surface area contributed by atoms with Crippen LogP contribution in [-0.2, 0) is 6.18 Å². The Hall–Kier alpha value is -3.14. The lowest BCUT2D eigenvalue weighted by molar-refractivity contribution is -0.137. The van der Waals surface area contributed by atoms with E-state index < -0.39 is 17.3 Å². The van der Waals surface area contributed by atoms with Gasteiger partial charge in [0.2, 0.25) is 5.95 Å². The molecule has 3 N–H and O–H groups in total. The highest BCUT2D eigenvalue weighted by Gasteiger charge is 2.31. The number of benzene rings is 1. The van der Waals surface area contributed by atoms with Gasteiger partial charge in [-0.15, -0.1) is 0 Å². The van der Waals surface area contributed by atoms with Crippen molar-refractivity contribution in [3.63, 3.8) is 0 Å². The second kappa shape index (κ2) is 8.78. The van der Waals surface area contributed by atoms with Crippen LogP contribution in [0.25, 0.3) is 10.9 Å². The summed E-state index contributed by atoms with van der Waals surface area (Å²) in [5.41, 5.74) is -0.632. The first kappa shape index (κ1) is 22.1. The zero-order valence-electron chi connectivity index (χ0n) is 17.8. The average molecular weight is 446 g/mol. The fraction of sp³-hybridized carbons (Fsp3) is 0.409. The summed E-state index contributed by atoms with van der Waals surface area (Å²) in [5, 5.41) is 6.46. The van der Waals surface area contributed by atoms with E-state index in [1.165, 1.54) is 18.3 Å². The molecule has 0 bridgehead atoms. The number of rotatable bonds is 5. The molecule has 4 rings (SSSR count). The maximum absolute atomic E-state index is 13.1. The van der Waals surface area contributed by atoms with Crippen LogP contribution in [0, 0.1) is 0 Å². The van der Waals surface area contributed by atoms with Crippen molar-refractivity contribution in [2.75, 3.05) is 24.7 Å². The molecule has 1 saturated carbocycles. The van der Waals surface area contributed by atoms with Gasteiger partial charge >= 0.3 is 6.18 Å². The Kier molecular flexibility index (Phi) is 6.05. The highest BCUT2D eigenvalue weighted by atomic mass is 19.4. The number of alkyl halides is 3. The van der Waals surface area contributed by atoms with Crippen molar-refractivity contribution in [3.8, 4) is 0 Å². The normalized spacial score (nSPS) is 19.3. The van der Waals surface area contributed by atoms with Gasteiger partial charge in [0.1, 0.15) is 11.2 Å². The number of anilines is 3. The number of hydrogen-bond acceptors (Lipinski definition) is 6. The number of nitrogens with zero attached hydrogens (tertiary/aromatic N) is 3. The van der Waals surface area contributed by atoms with E-state index in [0.717, 1.165) is 37.8 Å². The largest absolute Gasteiger partial charge is 0.416 e. The van der Waals surface area contributed by atoms with Crippen LogP contribution in [-0.4, -0.2) is 46.0 Å². The summed E-state index contributed by atoms with van der Waals surface area (Å²) in [6.07, 6.45) is 1.25. The van der Waals surface area contributed by atoms with Crippen molar-refractivity contribution < 1.29 is 13.2 Å². The van der Waals surface area contributed by atoms with Crippen molar-refractivity contribution >= 4 is 28.4 Å². The molecule has 0 amide bonds. The fourth-order valence-corrected chi connectivity index (χ4v) is 4.22. The van der Waals surface area contributed by atoms with E-state index in [-0.39, 0.29) is 22.9 Å². The fourth-order valence-electron chi connectivity index (χ4n) is 4.22. The van der Waals surface area contributed by atoms with Crippen LogP contribution < -0.4 is 16.2 Å². The molecule has 2 unspecified atom stereocenters. The van der Waals surface area contributed by atoms with Gasteiger partial charge in [0, 0.05) is 24.0 Å². The molecule has 0 radical (unpaired) electrons. The molecule has 170 valence electrons.